The number of unbranched alkanes of at least 4 members (excludes halogenated alkanes) is 25. The maximum atomic E-state index is 14.4. The summed E-state index contributed by atoms with van der Waals surface area (Å²) in [4.78, 5) is 94.3. The van der Waals surface area contributed by atoms with Crippen molar-refractivity contribution in [2.24, 2.45) is 17.8 Å². The van der Waals surface area contributed by atoms with Gasteiger partial charge in [0, 0.05) is 32.6 Å². The van der Waals surface area contributed by atoms with Crippen LogP contribution < -0.4 is 5.32 Å². The van der Waals surface area contributed by atoms with Crippen molar-refractivity contribution in [1.29, 1.82) is 0 Å². The zero-order valence-corrected chi connectivity index (χ0v) is 55.4. The van der Waals surface area contributed by atoms with Crippen LogP contribution in [0.15, 0.2) is 42.5 Å². The van der Waals surface area contributed by atoms with Crippen molar-refractivity contribution in [2.45, 2.75) is 308 Å². The lowest BCUT2D eigenvalue weighted by Crippen LogP contribution is -2.66. The van der Waals surface area contributed by atoms with Gasteiger partial charge in [0.1, 0.15) is 43.7 Å². The van der Waals surface area contributed by atoms with E-state index in [1.807, 2.05) is 19.9 Å². The third kappa shape index (κ3) is 28.6. The summed E-state index contributed by atoms with van der Waals surface area (Å²) in [7, 11) is 1.13. The molecule has 506 valence electrons. The van der Waals surface area contributed by atoms with E-state index in [1.54, 1.807) is 31.2 Å². The summed E-state index contributed by atoms with van der Waals surface area (Å²) in [6.45, 7) is 11.0. The molecule has 0 saturated carbocycles. The van der Waals surface area contributed by atoms with Gasteiger partial charge in [0.05, 0.1) is 44.3 Å². The molecule has 1 amide bonds. The fourth-order valence-corrected chi connectivity index (χ4v) is 12.1. The summed E-state index contributed by atoms with van der Waals surface area (Å²) in [5.41, 5.74) is 0.116. The molecule has 4 rings (SSSR count). The Bertz CT molecular complexity index is 2230. The molecule has 0 spiro atoms. The highest BCUT2D eigenvalue weighted by Gasteiger charge is 2.59. The molecule has 3 fully saturated rings. The maximum Gasteiger partial charge on any atom is 0.366 e. The van der Waals surface area contributed by atoms with Crippen LogP contribution in [0.4, 0.5) is 0 Å². The van der Waals surface area contributed by atoms with E-state index in [0.29, 0.717) is 12.8 Å². The molecule has 0 radical (unpaired) electrons. The number of aliphatic hydroxyl groups is 1. The minimum Gasteiger partial charge on any atom is -0.465 e. The summed E-state index contributed by atoms with van der Waals surface area (Å²) in [5.74, 6) is -8.81. The third-order valence-corrected chi connectivity index (χ3v) is 17.6. The van der Waals surface area contributed by atoms with Gasteiger partial charge in [-0.25, -0.2) is 9.59 Å². The van der Waals surface area contributed by atoms with Crippen LogP contribution in [0.25, 0.3) is 0 Å². The Morgan fingerprint density at radius 1 is 0.719 bits per heavy atom. The van der Waals surface area contributed by atoms with Crippen LogP contribution in [0.1, 0.15) is 258 Å². The van der Waals surface area contributed by atoms with Crippen molar-refractivity contribution in [2.75, 3.05) is 26.9 Å². The lowest BCUT2D eigenvalue weighted by Gasteiger charge is -2.51. The molecule has 2 N–H and O–H groups in total. The maximum absolute atomic E-state index is 14.4. The van der Waals surface area contributed by atoms with Crippen molar-refractivity contribution in [3.63, 3.8) is 0 Å². The predicted molar refractivity (Wildman–Crippen MR) is 337 cm³/mol. The number of allylic oxidation sites excluding steroid dienone is 1. The number of hydrogen-bond acceptors (Lipinski definition) is 18. The number of rotatable bonds is 40. The number of esters is 6. The molecular formula is C70H113NO18. The number of cyclic esters (lactones) is 2. The number of amides is 1. The number of aliphatic hydroxyl groups excluding tert-OH is 1. The Hall–Kier alpha value is -4.95. The largest absolute Gasteiger partial charge is 0.465 e. The highest BCUT2D eigenvalue weighted by atomic mass is 16.8. The molecule has 1 aromatic rings. The van der Waals surface area contributed by atoms with Crippen molar-refractivity contribution < 1.29 is 86.0 Å². The van der Waals surface area contributed by atoms with Gasteiger partial charge in [-0.05, 0) is 49.3 Å². The van der Waals surface area contributed by atoms with Gasteiger partial charge in [0.25, 0.3) is 5.79 Å². The first-order valence-corrected chi connectivity index (χ1v) is 34.2. The molecule has 19 heteroatoms. The van der Waals surface area contributed by atoms with Crippen molar-refractivity contribution in [3.8, 4) is 0 Å². The average molecular weight is 1260 g/mol. The van der Waals surface area contributed by atoms with E-state index in [-0.39, 0.29) is 55.8 Å². The van der Waals surface area contributed by atoms with Crippen molar-refractivity contribution in [1.82, 2.24) is 5.32 Å². The van der Waals surface area contributed by atoms with Crippen LogP contribution >= 0.6 is 0 Å². The average Bonchev–Trinajstić information content (AvgIpc) is 0.891. The lowest BCUT2D eigenvalue weighted by molar-refractivity contribution is -0.367. The minimum absolute atomic E-state index is 0.116. The smallest absolute Gasteiger partial charge is 0.366 e. The van der Waals surface area contributed by atoms with E-state index in [4.69, 9.17) is 47.4 Å². The topological polar surface area (TPSA) is 244 Å². The number of ether oxygens (including phenoxy) is 10. The van der Waals surface area contributed by atoms with Crippen LogP contribution in [0.3, 0.4) is 0 Å². The van der Waals surface area contributed by atoms with E-state index < -0.39 is 116 Å². The second kappa shape index (κ2) is 43.7. The number of methoxy groups -OCH3 is 1. The zero-order chi connectivity index (χ0) is 64.8. The van der Waals surface area contributed by atoms with Crippen LogP contribution in [0.2, 0.25) is 0 Å². The molecule has 0 aromatic heterocycles. The first-order chi connectivity index (χ1) is 42.9. The molecule has 3 heterocycles. The molecule has 3 unspecified atom stereocenters. The Kier molecular flexibility index (Phi) is 37.6. The standard InChI is InChI=1S/C70H113NO18/c1-9-11-13-15-17-19-21-23-24-26-28-30-32-34-39-43-60(74)71-56-47-83-68-66(87-67(78)55-40-36-35-37-41-55)63(77)65(89-70(69(79)80-8)46-50(3)51(4)64(88-70)52(5)58(84-54(7)73)48-81-53(6)72)59(86-68)49-82-61(75)44-45-62(76)85-57(56)42-38-33-31-29-27-25-22-20-18-16-14-12-10-2/h35-38,40-42,50-52,56-59,63-66,68,77H,9-34,39,43-49H2,1-8H3,(H,71,74)/b42-38+/t50?,51-,52-,56+,57-,58-,59+,63?,64-,65-,66?,68-,70+/m1/s1. The van der Waals surface area contributed by atoms with Crippen LogP contribution in [0, 0.1) is 17.8 Å². The van der Waals surface area contributed by atoms with Gasteiger partial charge in [-0.1, -0.05) is 213 Å². The summed E-state index contributed by atoms with van der Waals surface area (Å²) in [5, 5.41) is 15.9. The van der Waals surface area contributed by atoms with Gasteiger partial charge in [-0.15, -0.1) is 0 Å². The highest BCUT2D eigenvalue weighted by molar-refractivity contribution is 5.89. The summed E-state index contributed by atoms with van der Waals surface area (Å²) < 4.78 is 60.8. The van der Waals surface area contributed by atoms with E-state index in [2.05, 4.69) is 19.2 Å². The van der Waals surface area contributed by atoms with Gasteiger partial charge in [0.2, 0.25) is 5.91 Å². The molecule has 2 bridgehead atoms. The molecule has 13 atom stereocenters. The first-order valence-electron chi connectivity index (χ1n) is 34.2. The van der Waals surface area contributed by atoms with Crippen molar-refractivity contribution >= 4 is 41.7 Å². The van der Waals surface area contributed by atoms with E-state index in [9.17, 15) is 38.7 Å². The van der Waals surface area contributed by atoms with E-state index in [0.717, 1.165) is 58.5 Å². The minimum atomic E-state index is -2.33. The highest BCUT2D eigenvalue weighted by Crippen LogP contribution is 2.44. The van der Waals surface area contributed by atoms with Gasteiger partial charge in [-0.3, -0.25) is 24.0 Å². The molecule has 3 saturated heterocycles. The summed E-state index contributed by atoms with van der Waals surface area (Å²) >= 11 is 0. The van der Waals surface area contributed by atoms with Crippen LogP contribution in [-0.4, -0.2) is 135 Å². The molecular weight excluding hydrogens is 1140 g/mol. The number of nitrogens with one attached hydrogen (secondary N) is 1. The monoisotopic (exact) mass is 1260 g/mol. The Morgan fingerprint density at radius 3 is 1.82 bits per heavy atom. The summed E-state index contributed by atoms with van der Waals surface area (Å²) in [6.07, 6.45) is 22.7. The third-order valence-electron chi connectivity index (χ3n) is 17.6. The van der Waals surface area contributed by atoms with E-state index >= 15 is 0 Å². The molecule has 89 heavy (non-hydrogen) atoms. The van der Waals surface area contributed by atoms with Crippen LogP contribution in [-0.2, 0) is 76.1 Å². The SMILES string of the molecule is CCCCCCCCCCCCC/C=C/[C@H]1OC(=O)CCC(=O)OC[C@@H]2O[C@@H](OC[C@@H]1NC(=O)CCCCCCCCCCCCCCCCC)C(OC(=O)c1ccccc1)C(O)[C@@H]2O[C@]1(C(=O)OC)CC(C)[C@@H](C)[C@H]([C@H](C)[C@@H](COC(C)=O)OC(C)=O)O1. The van der Waals surface area contributed by atoms with E-state index in [1.165, 1.54) is 135 Å². The fourth-order valence-electron chi connectivity index (χ4n) is 12.1. The number of carbonyl (C=O) groups excluding carboxylic acids is 7. The predicted octanol–water partition coefficient (Wildman–Crippen LogP) is 13.0. The zero-order valence-electron chi connectivity index (χ0n) is 55.4. The molecule has 3 aliphatic rings. The molecule has 19 nitrogen and oxygen atoms in total. The Balaban J connectivity index is 1.63. The van der Waals surface area contributed by atoms with Gasteiger partial charge < -0.3 is 57.8 Å². The quantitative estimate of drug-likeness (QED) is 0.0268. The molecule has 1 aromatic carbocycles. The number of hydrogen-bond donors (Lipinski definition) is 2. The number of carbonyl (C=O) groups is 7. The fraction of sp³-hybridized carbons (Fsp3) is 0.786. The van der Waals surface area contributed by atoms with Gasteiger partial charge in [0.15, 0.2) is 12.4 Å². The van der Waals surface area contributed by atoms with Crippen molar-refractivity contribution in [3.05, 3.63) is 48.0 Å². The first kappa shape index (κ1) is 76.5. The van der Waals surface area contributed by atoms with Crippen LogP contribution in [0.5, 0.6) is 0 Å². The second-order valence-electron chi connectivity index (χ2n) is 25.1. The lowest BCUT2D eigenvalue weighted by atomic mass is 9.76. The Morgan fingerprint density at radius 2 is 1.27 bits per heavy atom. The Labute approximate surface area is 532 Å². The molecule has 3 aliphatic heterocycles. The number of benzene rings is 1. The molecule has 0 aliphatic carbocycles. The number of fused-ring (bicyclic) bond motifs is 2. The summed E-state index contributed by atoms with van der Waals surface area (Å²) in [6, 6.07) is 6.98. The normalized spacial score (nSPS) is 25.8. The van der Waals surface area contributed by atoms with Gasteiger partial charge in [-0.2, -0.15) is 0 Å². The second-order valence-corrected chi connectivity index (χ2v) is 25.1. The van der Waals surface area contributed by atoms with Gasteiger partial charge >= 0.3 is 35.8 Å².